The first kappa shape index (κ1) is 42.9. The van der Waals surface area contributed by atoms with Gasteiger partial charge in [0.05, 0.1) is 0 Å². The Morgan fingerprint density at radius 1 is 0.368 bits per heavy atom. The van der Waals surface area contributed by atoms with Crippen molar-refractivity contribution >= 4 is 34.1 Å². The number of benzene rings is 6. The first-order chi connectivity index (χ1) is 27.5. The number of nitrogens with zero attached hydrogens (tertiary/aromatic N) is 2. The van der Waals surface area contributed by atoms with Crippen LogP contribution in [0, 0.1) is 44.1 Å². The van der Waals surface area contributed by atoms with E-state index in [4.69, 9.17) is 0 Å². The molecule has 0 aliphatic heterocycles. The predicted molar refractivity (Wildman–Crippen MR) is 240 cm³/mol. The number of aliphatic hydroxyl groups is 1. The standard InChI is InChI=1S/C53H60N2O.Ac/c1-5-9-13-39-17-25-43(26-18-39)54(44-27-19-40(20-28-44)14-10-6-2)47-33-35-49-50-36-34-48(38-52(50)53(56)51(49)37-47)55(45-29-21-41(22-30-45)15-11-7-3)46-31-23-42(24-32-46)16-12-8-4;/h17-38,53,56H,5-16H2,1-4H3;. The molecule has 0 atom stereocenters. The molecule has 0 aromatic heterocycles. The van der Waals surface area contributed by atoms with Gasteiger partial charge in [-0.3, -0.25) is 0 Å². The first-order valence-electron chi connectivity index (χ1n) is 21.4. The number of anilines is 6. The van der Waals surface area contributed by atoms with Crippen LogP contribution in [0.15, 0.2) is 133 Å². The van der Waals surface area contributed by atoms with Gasteiger partial charge in [-0.2, -0.15) is 0 Å². The van der Waals surface area contributed by atoms with Gasteiger partial charge in [0, 0.05) is 78.2 Å². The molecule has 0 heterocycles. The van der Waals surface area contributed by atoms with Crippen LogP contribution in [0.25, 0.3) is 11.1 Å². The smallest absolute Gasteiger partial charge is 0.105 e. The summed E-state index contributed by atoms with van der Waals surface area (Å²) in [5.74, 6) is 0. The maximum Gasteiger partial charge on any atom is 0.105 e. The number of hydrogen-bond acceptors (Lipinski definition) is 3. The molecule has 0 fully saturated rings. The van der Waals surface area contributed by atoms with Crippen LogP contribution < -0.4 is 9.80 Å². The summed E-state index contributed by atoms with van der Waals surface area (Å²) in [7, 11) is 0. The van der Waals surface area contributed by atoms with Crippen LogP contribution in [-0.4, -0.2) is 5.11 Å². The molecule has 3 nitrogen and oxygen atoms in total. The van der Waals surface area contributed by atoms with Gasteiger partial charge < -0.3 is 14.9 Å². The molecule has 0 spiro atoms. The zero-order chi connectivity index (χ0) is 38.9. The van der Waals surface area contributed by atoms with Crippen LogP contribution in [0.1, 0.15) is 119 Å². The second-order valence-electron chi connectivity index (χ2n) is 15.7. The third-order valence-corrected chi connectivity index (χ3v) is 11.5. The van der Waals surface area contributed by atoms with E-state index in [0.717, 1.165) is 82.1 Å². The molecule has 4 heteroatoms. The van der Waals surface area contributed by atoms with Crippen LogP contribution in [0.4, 0.5) is 34.1 Å². The molecule has 1 aliphatic rings. The van der Waals surface area contributed by atoms with Crippen LogP contribution in [0.3, 0.4) is 0 Å². The van der Waals surface area contributed by atoms with Crippen LogP contribution in [-0.2, 0) is 25.7 Å². The zero-order valence-corrected chi connectivity index (χ0v) is 39.4. The number of fused-ring (bicyclic) bond motifs is 3. The summed E-state index contributed by atoms with van der Waals surface area (Å²) in [6.07, 6.45) is 13.2. The van der Waals surface area contributed by atoms with Gasteiger partial charge in [0.2, 0.25) is 0 Å². The number of aryl methyl sites for hydroxylation is 4. The Balaban J connectivity index is 0.00000549. The molecule has 6 aromatic carbocycles. The Morgan fingerprint density at radius 3 is 0.860 bits per heavy atom. The van der Waals surface area contributed by atoms with E-state index in [2.05, 4.69) is 171 Å². The van der Waals surface area contributed by atoms with Crippen LogP contribution in [0.2, 0.25) is 0 Å². The average Bonchev–Trinajstić information content (AvgIpc) is 3.52. The van der Waals surface area contributed by atoms with E-state index in [1.54, 1.807) is 0 Å². The molecular weight excluding hydrogens is 908 g/mol. The third-order valence-electron chi connectivity index (χ3n) is 11.5. The SMILES string of the molecule is CCCCc1ccc(N(c2ccc(CCCC)cc2)c2ccc3c(c2)C(O)c2cc(N(c4ccc(CCCC)cc4)c4ccc(CCCC)cc4)ccc2-3)cc1.[Ac]. The normalized spacial score (nSPS) is 11.9. The van der Waals surface area contributed by atoms with Gasteiger partial charge in [-0.15, -0.1) is 0 Å². The third kappa shape index (κ3) is 10.1. The van der Waals surface area contributed by atoms with Gasteiger partial charge in [-0.25, -0.2) is 0 Å². The van der Waals surface area contributed by atoms with Crippen molar-refractivity contribution in [3.8, 4) is 11.1 Å². The monoisotopic (exact) mass is 967 g/mol. The zero-order valence-electron chi connectivity index (χ0n) is 34.7. The summed E-state index contributed by atoms with van der Waals surface area (Å²) in [5, 5.41) is 12.2. The molecule has 1 aliphatic carbocycles. The van der Waals surface area contributed by atoms with Crippen molar-refractivity contribution in [1.82, 2.24) is 0 Å². The van der Waals surface area contributed by atoms with E-state index in [9.17, 15) is 5.11 Å². The number of unbranched alkanes of at least 4 members (excludes halogenated alkanes) is 4. The topological polar surface area (TPSA) is 26.7 Å². The molecule has 0 bridgehead atoms. The number of rotatable bonds is 18. The second-order valence-corrected chi connectivity index (χ2v) is 15.7. The number of aliphatic hydroxyl groups excluding tert-OH is 1. The minimum absolute atomic E-state index is 0. The minimum atomic E-state index is -0.732. The van der Waals surface area contributed by atoms with Gasteiger partial charge in [-0.05, 0) is 169 Å². The van der Waals surface area contributed by atoms with Crippen molar-refractivity contribution in [1.29, 1.82) is 0 Å². The quantitative estimate of drug-likeness (QED) is 0.0930. The van der Waals surface area contributed by atoms with Crippen molar-refractivity contribution in [2.24, 2.45) is 0 Å². The minimum Gasteiger partial charge on any atom is -0.384 e. The first-order valence-corrected chi connectivity index (χ1v) is 21.4. The number of hydrogen-bond donors (Lipinski definition) is 1. The van der Waals surface area contributed by atoms with Crippen LogP contribution in [0.5, 0.6) is 0 Å². The molecular formula is C53H60AcN2O. The molecule has 1 N–H and O–H groups in total. The largest absolute Gasteiger partial charge is 0.384 e. The Kier molecular flexibility index (Phi) is 15.7. The summed E-state index contributed by atoms with van der Waals surface area (Å²) >= 11 is 0. The maximum atomic E-state index is 12.2. The Morgan fingerprint density at radius 2 is 0.614 bits per heavy atom. The molecule has 6 aromatic rings. The van der Waals surface area contributed by atoms with E-state index < -0.39 is 6.10 Å². The molecule has 57 heavy (non-hydrogen) atoms. The van der Waals surface area contributed by atoms with Gasteiger partial charge in [0.1, 0.15) is 6.10 Å². The van der Waals surface area contributed by atoms with E-state index in [0.29, 0.717) is 0 Å². The van der Waals surface area contributed by atoms with E-state index in [1.807, 2.05) is 0 Å². The predicted octanol–water partition coefficient (Wildman–Crippen LogP) is 15.1. The van der Waals surface area contributed by atoms with Crippen LogP contribution >= 0.6 is 0 Å². The molecule has 1 radical (unpaired) electrons. The fraction of sp³-hybridized carbons (Fsp3) is 0.321. The van der Waals surface area contributed by atoms with E-state index in [1.165, 1.54) is 73.6 Å². The second kappa shape index (κ2) is 20.8. The Labute approximate surface area is 378 Å². The molecule has 291 valence electrons. The molecule has 0 amide bonds. The van der Waals surface area contributed by atoms with Crippen molar-refractivity contribution < 1.29 is 49.2 Å². The fourth-order valence-corrected chi connectivity index (χ4v) is 8.15. The van der Waals surface area contributed by atoms with Gasteiger partial charge in [0.25, 0.3) is 0 Å². The molecule has 7 rings (SSSR count). The van der Waals surface area contributed by atoms with Gasteiger partial charge in [0.15, 0.2) is 0 Å². The summed E-state index contributed by atoms with van der Waals surface area (Å²) in [6.45, 7) is 8.99. The maximum absolute atomic E-state index is 12.2. The Bertz CT molecular complexity index is 1900. The summed E-state index contributed by atoms with van der Waals surface area (Å²) in [5.41, 5.74) is 16.2. The van der Waals surface area contributed by atoms with E-state index in [-0.39, 0.29) is 44.1 Å². The van der Waals surface area contributed by atoms with Crippen molar-refractivity contribution in [3.63, 3.8) is 0 Å². The average molecular weight is 968 g/mol. The molecule has 0 unspecified atom stereocenters. The summed E-state index contributed by atoms with van der Waals surface area (Å²) in [4.78, 5) is 4.68. The molecule has 0 saturated heterocycles. The van der Waals surface area contributed by atoms with E-state index >= 15 is 0 Å². The Hall–Kier alpha value is -3.68. The van der Waals surface area contributed by atoms with Crippen molar-refractivity contribution in [3.05, 3.63) is 167 Å². The van der Waals surface area contributed by atoms with Crippen molar-refractivity contribution in [2.75, 3.05) is 9.80 Å². The van der Waals surface area contributed by atoms with Crippen molar-refractivity contribution in [2.45, 2.75) is 111 Å². The fourth-order valence-electron chi connectivity index (χ4n) is 8.15. The van der Waals surface area contributed by atoms with Gasteiger partial charge in [-0.1, -0.05) is 114 Å². The summed E-state index contributed by atoms with van der Waals surface area (Å²) in [6, 6.07) is 49.5. The summed E-state index contributed by atoms with van der Waals surface area (Å²) < 4.78 is 0. The van der Waals surface area contributed by atoms with Gasteiger partial charge >= 0.3 is 0 Å². The molecule has 0 saturated carbocycles.